The SMILES string of the molecule is CN1CCCC(N(C)CCCCNC(C)(C)C)C1. The highest BCUT2D eigenvalue weighted by atomic mass is 15.2. The summed E-state index contributed by atoms with van der Waals surface area (Å²) in [5.41, 5.74) is 0.262. The maximum absolute atomic E-state index is 3.56. The number of hydrogen-bond donors (Lipinski definition) is 1. The van der Waals surface area contributed by atoms with Gasteiger partial charge in [-0.1, -0.05) is 0 Å². The summed E-state index contributed by atoms with van der Waals surface area (Å²) in [5.74, 6) is 0. The number of likely N-dealkylation sites (tertiary alicyclic amines) is 1. The Hall–Kier alpha value is -0.120. The molecule has 0 radical (unpaired) electrons. The summed E-state index contributed by atoms with van der Waals surface area (Å²) in [7, 11) is 4.54. The van der Waals surface area contributed by atoms with Crippen molar-refractivity contribution in [3.8, 4) is 0 Å². The summed E-state index contributed by atoms with van der Waals surface area (Å²) in [5, 5.41) is 3.56. The third-order valence-corrected chi connectivity index (χ3v) is 3.82. The normalized spacial score (nSPS) is 22.7. The van der Waals surface area contributed by atoms with Gasteiger partial charge in [0, 0.05) is 18.1 Å². The Morgan fingerprint density at radius 3 is 2.61 bits per heavy atom. The van der Waals surface area contributed by atoms with E-state index < -0.39 is 0 Å². The van der Waals surface area contributed by atoms with E-state index in [1.807, 2.05) is 0 Å². The summed E-state index contributed by atoms with van der Waals surface area (Å²) in [6.07, 6.45) is 5.32. The van der Waals surface area contributed by atoms with Crippen LogP contribution < -0.4 is 5.32 Å². The van der Waals surface area contributed by atoms with Gasteiger partial charge >= 0.3 is 0 Å². The van der Waals surface area contributed by atoms with E-state index in [4.69, 9.17) is 0 Å². The van der Waals surface area contributed by atoms with Gasteiger partial charge in [-0.15, -0.1) is 0 Å². The maximum Gasteiger partial charge on any atom is 0.0220 e. The van der Waals surface area contributed by atoms with E-state index >= 15 is 0 Å². The molecule has 1 N–H and O–H groups in total. The lowest BCUT2D eigenvalue weighted by molar-refractivity contribution is 0.133. The molecule has 1 aliphatic rings. The fraction of sp³-hybridized carbons (Fsp3) is 1.00. The molecule has 1 unspecified atom stereocenters. The fourth-order valence-electron chi connectivity index (χ4n) is 2.63. The number of piperidine rings is 1. The van der Waals surface area contributed by atoms with Crippen LogP contribution in [0.2, 0.25) is 0 Å². The number of nitrogens with zero attached hydrogens (tertiary/aromatic N) is 2. The van der Waals surface area contributed by atoms with Gasteiger partial charge < -0.3 is 15.1 Å². The second-order valence-corrected chi connectivity index (χ2v) is 6.92. The van der Waals surface area contributed by atoms with Gasteiger partial charge in [-0.2, -0.15) is 0 Å². The Bertz CT molecular complexity index is 222. The minimum Gasteiger partial charge on any atom is -0.312 e. The molecular weight excluding hydrogens is 222 g/mol. The van der Waals surface area contributed by atoms with E-state index in [0.717, 1.165) is 12.6 Å². The van der Waals surface area contributed by atoms with Gasteiger partial charge in [-0.05, 0) is 80.2 Å². The maximum atomic E-state index is 3.56. The van der Waals surface area contributed by atoms with E-state index in [2.05, 4.69) is 50.0 Å². The predicted molar refractivity (Wildman–Crippen MR) is 80.1 cm³/mol. The topological polar surface area (TPSA) is 18.5 Å². The Morgan fingerprint density at radius 2 is 2.00 bits per heavy atom. The first kappa shape index (κ1) is 15.9. The molecule has 0 aromatic carbocycles. The summed E-state index contributed by atoms with van der Waals surface area (Å²) < 4.78 is 0. The van der Waals surface area contributed by atoms with E-state index in [9.17, 15) is 0 Å². The van der Waals surface area contributed by atoms with Crippen LogP contribution in [0.1, 0.15) is 46.5 Å². The lowest BCUT2D eigenvalue weighted by Gasteiger charge is -2.36. The zero-order valence-corrected chi connectivity index (χ0v) is 13.1. The largest absolute Gasteiger partial charge is 0.312 e. The van der Waals surface area contributed by atoms with Crippen molar-refractivity contribution in [3.05, 3.63) is 0 Å². The third-order valence-electron chi connectivity index (χ3n) is 3.82. The second kappa shape index (κ2) is 7.46. The first-order chi connectivity index (χ1) is 8.38. The van der Waals surface area contributed by atoms with Crippen molar-refractivity contribution >= 4 is 0 Å². The number of likely N-dealkylation sites (N-methyl/N-ethyl adjacent to an activating group) is 2. The lowest BCUT2D eigenvalue weighted by Crippen LogP contribution is -2.45. The standard InChI is InChI=1S/C15H33N3/c1-15(2,3)16-10-6-7-12-18(5)14-9-8-11-17(4)13-14/h14,16H,6-13H2,1-5H3. The lowest BCUT2D eigenvalue weighted by atomic mass is 10.0. The van der Waals surface area contributed by atoms with Crippen LogP contribution in [-0.2, 0) is 0 Å². The first-order valence-electron chi connectivity index (χ1n) is 7.52. The van der Waals surface area contributed by atoms with Crippen LogP contribution in [0.15, 0.2) is 0 Å². The van der Waals surface area contributed by atoms with Crippen molar-refractivity contribution < 1.29 is 0 Å². The van der Waals surface area contributed by atoms with Gasteiger partial charge in [0.05, 0.1) is 0 Å². The predicted octanol–water partition coefficient (Wildman–Crippen LogP) is 2.18. The highest BCUT2D eigenvalue weighted by Crippen LogP contribution is 2.13. The number of hydrogen-bond acceptors (Lipinski definition) is 3. The monoisotopic (exact) mass is 255 g/mol. The highest BCUT2D eigenvalue weighted by molar-refractivity contribution is 4.77. The molecule has 0 aromatic heterocycles. The molecule has 1 aliphatic heterocycles. The van der Waals surface area contributed by atoms with Gasteiger partial charge in [0.25, 0.3) is 0 Å². The number of nitrogens with one attached hydrogen (secondary N) is 1. The minimum absolute atomic E-state index is 0.262. The summed E-state index contributed by atoms with van der Waals surface area (Å²) in [6, 6.07) is 0.777. The average Bonchev–Trinajstić information content (AvgIpc) is 2.26. The molecule has 0 spiro atoms. The van der Waals surface area contributed by atoms with E-state index in [0.29, 0.717) is 0 Å². The summed E-state index contributed by atoms with van der Waals surface area (Å²) in [4.78, 5) is 5.03. The van der Waals surface area contributed by atoms with Crippen molar-refractivity contribution in [1.82, 2.24) is 15.1 Å². The van der Waals surface area contributed by atoms with Crippen LogP contribution >= 0.6 is 0 Å². The number of unbranched alkanes of at least 4 members (excludes halogenated alkanes) is 1. The van der Waals surface area contributed by atoms with E-state index in [1.54, 1.807) is 0 Å². The van der Waals surface area contributed by atoms with Crippen LogP contribution in [0.4, 0.5) is 0 Å². The number of rotatable bonds is 6. The zero-order valence-electron chi connectivity index (χ0n) is 13.1. The molecule has 3 heteroatoms. The van der Waals surface area contributed by atoms with Crippen molar-refractivity contribution in [2.24, 2.45) is 0 Å². The van der Waals surface area contributed by atoms with E-state index in [1.165, 1.54) is 45.3 Å². The first-order valence-corrected chi connectivity index (χ1v) is 7.52. The van der Waals surface area contributed by atoms with Gasteiger partial charge in [0.15, 0.2) is 0 Å². The molecule has 1 rings (SSSR count). The Balaban J connectivity index is 2.07. The third kappa shape index (κ3) is 6.72. The second-order valence-electron chi connectivity index (χ2n) is 6.92. The highest BCUT2D eigenvalue weighted by Gasteiger charge is 2.20. The van der Waals surface area contributed by atoms with Crippen LogP contribution in [0.25, 0.3) is 0 Å². The molecule has 0 aromatic rings. The van der Waals surface area contributed by atoms with Crippen molar-refractivity contribution in [2.75, 3.05) is 40.3 Å². The van der Waals surface area contributed by atoms with Crippen molar-refractivity contribution in [3.63, 3.8) is 0 Å². The Kier molecular flexibility index (Phi) is 6.61. The molecule has 0 aliphatic carbocycles. The molecule has 3 nitrogen and oxygen atoms in total. The van der Waals surface area contributed by atoms with Crippen LogP contribution in [0.3, 0.4) is 0 Å². The molecule has 0 bridgehead atoms. The molecule has 0 saturated carbocycles. The fourth-order valence-corrected chi connectivity index (χ4v) is 2.63. The van der Waals surface area contributed by atoms with Gasteiger partial charge in [0.2, 0.25) is 0 Å². The smallest absolute Gasteiger partial charge is 0.0220 e. The summed E-state index contributed by atoms with van der Waals surface area (Å²) in [6.45, 7) is 11.6. The quantitative estimate of drug-likeness (QED) is 0.734. The van der Waals surface area contributed by atoms with E-state index in [-0.39, 0.29) is 5.54 Å². The molecular formula is C15H33N3. The average molecular weight is 255 g/mol. The summed E-state index contributed by atoms with van der Waals surface area (Å²) >= 11 is 0. The van der Waals surface area contributed by atoms with Gasteiger partial charge in [0.1, 0.15) is 0 Å². The Labute approximate surface area is 114 Å². The molecule has 0 amide bonds. The molecule has 18 heavy (non-hydrogen) atoms. The van der Waals surface area contributed by atoms with Gasteiger partial charge in [-0.25, -0.2) is 0 Å². The van der Waals surface area contributed by atoms with Crippen molar-refractivity contribution in [1.29, 1.82) is 0 Å². The molecule has 1 saturated heterocycles. The van der Waals surface area contributed by atoms with Crippen LogP contribution in [0, 0.1) is 0 Å². The van der Waals surface area contributed by atoms with Crippen molar-refractivity contribution in [2.45, 2.75) is 58.0 Å². The Morgan fingerprint density at radius 1 is 1.28 bits per heavy atom. The molecule has 108 valence electrons. The molecule has 1 heterocycles. The van der Waals surface area contributed by atoms with Gasteiger partial charge in [-0.3, -0.25) is 0 Å². The van der Waals surface area contributed by atoms with Crippen LogP contribution in [0.5, 0.6) is 0 Å². The molecule has 1 fully saturated rings. The zero-order chi connectivity index (χ0) is 13.6. The van der Waals surface area contributed by atoms with Crippen LogP contribution in [-0.4, -0.2) is 61.7 Å². The minimum atomic E-state index is 0.262. The molecule has 1 atom stereocenters.